The summed E-state index contributed by atoms with van der Waals surface area (Å²) in [6, 6.07) is 4.46. The molecule has 2 unspecified atom stereocenters. The van der Waals surface area contributed by atoms with Crippen LogP contribution in [0.4, 0.5) is 0 Å². The number of rotatable bonds is 6. The van der Waals surface area contributed by atoms with Crippen LogP contribution in [0.3, 0.4) is 0 Å². The molecule has 0 saturated carbocycles. The Morgan fingerprint density at radius 1 is 1.27 bits per heavy atom. The van der Waals surface area contributed by atoms with E-state index in [1.807, 2.05) is 27.7 Å². The highest BCUT2D eigenvalue weighted by atomic mass is 32.2. The summed E-state index contributed by atoms with van der Waals surface area (Å²) < 4.78 is 22.9. The molecule has 0 fully saturated rings. The van der Waals surface area contributed by atoms with Gasteiger partial charge in [0.15, 0.2) is 9.84 Å². The lowest BCUT2D eigenvalue weighted by Crippen LogP contribution is -2.46. The van der Waals surface area contributed by atoms with Crippen molar-refractivity contribution in [2.24, 2.45) is 0 Å². The molecule has 0 aliphatic carbocycles. The van der Waals surface area contributed by atoms with Crippen molar-refractivity contribution in [3.05, 3.63) is 29.3 Å². The first-order valence-electron chi connectivity index (χ1n) is 7.38. The summed E-state index contributed by atoms with van der Waals surface area (Å²) in [5.41, 5.74) is 0.762. The number of aromatic hydroxyl groups is 1. The molecule has 22 heavy (non-hydrogen) atoms. The molecule has 0 heterocycles. The summed E-state index contributed by atoms with van der Waals surface area (Å²) >= 11 is 0. The maximum atomic E-state index is 11.4. The number of hydrogen-bond acceptors (Lipinski definition) is 5. The molecule has 6 heteroatoms. The molecular weight excluding hydrogens is 302 g/mol. The van der Waals surface area contributed by atoms with Gasteiger partial charge in [0.05, 0.1) is 11.9 Å². The molecule has 0 aliphatic rings. The number of phenolic OH excluding ortho intramolecular Hbond substituents is 1. The number of aliphatic hydroxyl groups is 1. The van der Waals surface area contributed by atoms with Gasteiger partial charge in [-0.05, 0) is 44.9 Å². The molecule has 0 bridgehead atoms. The largest absolute Gasteiger partial charge is 0.508 e. The normalized spacial score (nSPS) is 15.5. The molecule has 0 aromatic heterocycles. The van der Waals surface area contributed by atoms with E-state index < -0.39 is 15.9 Å². The topological polar surface area (TPSA) is 86.6 Å². The molecule has 1 aromatic carbocycles. The molecule has 1 aromatic rings. The van der Waals surface area contributed by atoms with Crippen molar-refractivity contribution in [1.82, 2.24) is 5.32 Å². The Morgan fingerprint density at radius 3 is 2.32 bits per heavy atom. The highest BCUT2D eigenvalue weighted by Crippen LogP contribution is 2.27. The quantitative estimate of drug-likeness (QED) is 0.744. The maximum Gasteiger partial charge on any atom is 0.151 e. The van der Waals surface area contributed by atoms with E-state index in [4.69, 9.17) is 0 Å². The van der Waals surface area contributed by atoms with E-state index in [-0.39, 0.29) is 23.1 Å². The minimum absolute atomic E-state index is 0.0711. The van der Waals surface area contributed by atoms with E-state index in [9.17, 15) is 18.6 Å². The SMILES string of the molecule is CCC(NC(C)(C)C)C(O)c1ccc(O)c(CS(C)(=O)=O)c1. The zero-order valence-electron chi connectivity index (χ0n) is 13.9. The summed E-state index contributed by atoms with van der Waals surface area (Å²) in [6.07, 6.45) is 1.06. The van der Waals surface area contributed by atoms with E-state index in [0.717, 1.165) is 12.7 Å². The van der Waals surface area contributed by atoms with Crippen molar-refractivity contribution in [3.8, 4) is 5.75 Å². The molecule has 1 rings (SSSR count). The molecule has 0 aliphatic heterocycles. The second-order valence-electron chi connectivity index (χ2n) is 6.81. The van der Waals surface area contributed by atoms with Crippen LogP contribution in [-0.4, -0.2) is 36.5 Å². The number of nitrogens with one attached hydrogen (secondary N) is 1. The molecule has 0 saturated heterocycles. The van der Waals surface area contributed by atoms with Gasteiger partial charge in [0, 0.05) is 23.4 Å². The van der Waals surface area contributed by atoms with E-state index in [1.165, 1.54) is 6.07 Å². The van der Waals surface area contributed by atoms with Crippen LogP contribution in [0.2, 0.25) is 0 Å². The van der Waals surface area contributed by atoms with Crippen LogP contribution in [0.15, 0.2) is 18.2 Å². The first kappa shape index (κ1) is 18.9. The molecule has 2 atom stereocenters. The van der Waals surface area contributed by atoms with Crippen LogP contribution < -0.4 is 5.32 Å². The summed E-state index contributed by atoms with van der Waals surface area (Å²) in [5.74, 6) is -0.318. The zero-order chi connectivity index (χ0) is 17.1. The molecule has 5 nitrogen and oxygen atoms in total. The zero-order valence-corrected chi connectivity index (χ0v) is 14.7. The van der Waals surface area contributed by atoms with Gasteiger partial charge in [0.1, 0.15) is 5.75 Å². The summed E-state index contributed by atoms with van der Waals surface area (Å²) in [7, 11) is -3.25. The van der Waals surface area contributed by atoms with E-state index >= 15 is 0 Å². The van der Waals surface area contributed by atoms with Gasteiger partial charge < -0.3 is 15.5 Å². The summed E-state index contributed by atoms with van der Waals surface area (Å²) in [5, 5.41) is 23.7. The Morgan fingerprint density at radius 2 is 1.86 bits per heavy atom. The highest BCUT2D eigenvalue weighted by molar-refractivity contribution is 7.89. The van der Waals surface area contributed by atoms with Crippen molar-refractivity contribution in [2.75, 3.05) is 6.26 Å². The molecular formula is C16H27NO4S. The van der Waals surface area contributed by atoms with Crippen LogP contribution in [0.1, 0.15) is 51.3 Å². The lowest BCUT2D eigenvalue weighted by molar-refractivity contribution is 0.110. The first-order valence-corrected chi connectivity index (χ1v) is 9.44. The third-order valence-corrected chi connectivity index (χ3v) is 4.14. The predicted molar refractivity (Wildman–Crippen MR) is 88.6 cm³/mol. The van der Waals surface area contributed by atoms with E-state index in [0.29, 0.717) is 11.1 Å². The molecule has 0 amide bonds. The molecule has 3 N–H and O–H groups in total. The Balaban J connectivity index is 3.07. The second-order valence-corrected chi connectivity index (χ2v) is 8.95. The van der Waals surface area contributed by atoms with Crippen LogP contribution in [0.5, 0.6) is 5.75 Å². The molecule has 0 radical (unpaired) electrons. The van der Waals surface area contributed by atoms with Crippen molar-refractivity contribution < 1.29 is 18.6 Å². The Kier molecular flexibility index (Phi) is 6.01. The highest BCUT2D eigenvalue weighted by Gasteiger charge is 2.24. The smallest absolute Gasteiger partial charge is 0.151 e. The van der Waals surface area contributed by atoms with Crippen LogP contribution in [0.25, 0.3) is 0 Å². The third kappa shape index (κ3) is 5.94. The minimum Gasteiger partial charge on any atom is -0.508 e. The third-order valence-electron chi connectivity index (χ3n) is 3.30. The number of sulfone groups is 1. The lowest BCUT2D eigenvalue weighted by Gasteiger charge is -2.31. The monoisotopic (exact) mass is 329 g/mol. The van der Waals surface area contributed by atoms with Gasteiger partial charge in [-0.15, -0.1) is 0 Å². The average molecular weight is 329 g/mol. The Hall–Kier alpha value is -1.11. The summed E-state index contributed by atoms with van der Waals surface area (Å²) in [6.45, 7) is 8.04. The van der Waals surface area contributed by atoms with Crippen LogP contribution >= 0.6 is 0 Å². The number of phenols is 1. The van der Waals surface area contributed by atoms with Crippen molar-refractivity contribution in [2.45, 2.75) is 57.6 Å². The fraction of sp³-hybridized carbons (Fsp3) is 0.625. The van der Waals surface area contributed by atoms with Gasteiger partial charge in [-0.2, -0.15) is 0 Å². The fourth-order valence-corrected chi connectivity index (χ4v) is 3.18. The van der Waals surface area contributed by atoms with Crippen molar-refractivity contribution >= 4 is 9.84 Å². The van der Waals surface area contributed by atoms with Crippen molar-refractivity contribution in [1.29, 1.82) is 0 Å². The van der Waals surface area contributed by atoms with Crippen molar-refractivity contribution in [3.63, 3.8) is 0 Å². The van der Waals surface area contributed by atoms with Gasteiger partial charge in [-0.3, -0.25) is 0 Å². The lowest BCUT2D eigenvalue weighted by atomic mass is 9.96. The Labute approximate surface area is 133 Å². The maximum absolute atomic E-state index is 11.4. The second kappa shape index (κ2) is 6.98. The van der Waals surface area contributed by atoms with Crippen LogP contribution in [-0.2, 0) is 15.6 Å². The van der Waals surface area contributed by atoms with Gasteiger partial charge in [-0.25, -0.2) is 8.42 Å². The molecule has 126 valence electrons. The standard InChI is InChI=1S/C16H27NO4S/c1-6-13(17-16(2,3)4)15(19)11-7-8-14(18)12(9-11)10-22(5,20)21/h7-9,13,15,17-19H,6,10H2,1-5H3. The number of aliphatic hydroxyl groups excluding tert-OH is 1. The fourth-order valence-electron chi connectivity index (χ4n) is 2.38. The first-order chi connectivity index (χ1) is 9.93. The van der Waals surface area contributed by atoms with E-state index in [2.05, 4.69) is 5.32 Å². The average Bonchev–Trinajstić information content (AvgIpc) is 2.35. The molecule has 0 spiro atoms. The van der Waals surface area contributed by atoms with Gasteiger partial charge in [0.2, 0.25) is 0 Å². The van der Waals surface area contributed by atoms with Gasteiger partial charge in [-0.1, -0.05) is 13.0 Å². The summed E-state index contributed by atoms with van der Waals surface area (Å²) in [4.78, 5) is 0. The van der Waals surface area contributed by atoms with Gasteiger partial charge >= 0.3 is 0 Å². The number of hydrogen-bond donors (Lipinski definition) is 3. The minimum atomic E-state index is -3.25. The predicted octanol–water partition coefficient (Wildman–Crippen LogP) is 2.14. The Bertz CT molecular complexity index is 605. The van der Waals surface area contributed by atoms with Crippen LogP contribution in [0, 0.1) is 0 Å². The number of benzene rings is 1. The van der Waals surface area contributed by atoms with Gasteiger partial charge in [0.25, 0.3) is 0 Å². The van der Waals surface area contributed by atoms with E-state index in [1.54, 1.807) is 12.1 Å².